The van der Waals surface area contributed by atoms with Crippen LogP contribution < -0.4 is 41.2 Å². The van der Waals surface area contributed by atoms with E-state index in [1.165, 1.54) is 7.05 Å². The highest BCUT2D eigenvalue weighted by Crippen LogP contribution is 2.37. The summed E-state index contributed by atoms with van der Waals surface area (Å²) in [5, 5.41) is 12.6. The Balaban J connectivity index is 0.790. The highest BCUT2D eigenvalue weighted by atomic mass is 35.5. The third-order valence-electron chi connectivity index (χ3n) is 12.2. The second kappa shape index (κ2) is 16.6. The number of hydrogen-bond donors (Lipinski definition) is 4. The topological polar surface area (TPSA) is 209 Å². The number of hydrogen-bond acceptors (Lipinski definition) is 14. The van der Waals surface area contributed by atoms with Crippen LogP contribution in [0.4, 0.5) is 23.1 Å². The molecule has 18 nitrogen and oxygen atoms in total. The number of aromatic nitrogens is 3. The van der Waals surface area contributed by atoms with Gasteiger partial charge >= 0.3 is 0 Å². The molecular weight excluding hydrogens is 808 g/mol. The molecule has 0 bridgehead atoms. The standard InChI is InChI=1S/C42H45ClN10O8/c1-44-34(55)22-61-32-18-24-17-26(19-31-36(24)52(40(32)58)15-16-60-31)47-37-28(43)20-45-42(49-37)51-13-7-23(8-14-51)21-50-11-9-25(10-12-50)46-29-4-2-3-27-35(29)41(59)53(39(27)57)30-5-6-33(54)48-38(30)56/h2-4,17-20,23,25,30,46H,5-16,21-22H2,1H3,(H,44,55)(H,45,47,49)(H,48,54,56). The number of nitrogens with one attached hydrogen (secondary N) is 4. The predicted molar refractivity (Wildman–Crippen MR) is 225 cm³/mol. The van der Waals surface area contributed by atoms with Crippen molar-refractivity contribution in [3.8, 4) is 11.5 Å². The summed E-state index contributed by atoms with van der Waals surface area (Å²) < 4.78 is 13.1. The van der Waals surface area contributed by atoms with Crippen LogP contribution in [0.1, 0.15) is 59.2 Å². The van der Waals surface area contributed by atoms with Crippen LogP contribution in [0, 0.1) is 5.92 Å². The van der Waals surface area contributed by atoms with Crippen molar-refractivity contribution in [3.05, 3.63) is 69.1 Å². The number of carbonyl (C=O) groups excluding carboxylic acids is 5. The molecule has 3 saturated heterocycles. The summed E-state index contributed by atoms with van der Waals surface area (Å²) in [6.07, 6.45) is 5.46. The number of halogens is 1. The predicted octanol–water partition coefficient (Wildman–Crippen LogP) is 2.90. The zero-order valence-electron chi connectivity index (χ0n) is 33.5. The Labute approximate surface area is 354 Å². The number of anilines is 4. The van der Waals surface area contributed by atoms with E-state index in [0.717, 1.165) is 63.3 Å². The molecule has 5 aliphatic heterocycles. The summed E-state index contributed by atoms with van der Waals surface area (Å²) in [5.74, 6) is -0.297. The normalized spacial score (nSPS) is 19.7. The first kappa shape index (κ1) is 40.2. The molecule has 4 N–H and O–H groups in total. The lowest BCUT2D eigenvalue weighted by atomic mass is 9.94. The Morgan fingerprint density at radius 2 is 1.79 bits per heavy atom. The summed E-state index contributed by atoms with van der Waals surface area (Å²) in [4.78, 5) is 91.1. The lowest BCUT2D eigenvalue weighted by molar-refractivity contribution is -0.136. The van der Waals surface area contributed by atoms with Gasteiger partial charge in [0.1, 0.15) is 23.4 Å². The molecule has 61 heavy (non-hydrogen) atoms. The van der Waals surface area contributed by atoms with Crippen LogP contribution in [0.15, 0.2) is 47.4 Å². The van der Waals surface area contributed by atoms with E-state index >= 15 is 0 Å². The molecule has 4 aromatic rings. The average Bonchev–Trinajstić information content (AvgIpc) is 3.52. The first-order valence-electron chi connectivity index (χ1n) is 20.6. The zero-order valence-corrected chi connectivity index (χ0v) is 34.3. The number of carbonyl (C=O) groups is 5. The van der Waals surface area contributed by atoms with Crippen LogP contribution in [0.3, 0.4) is 0 Å². The molecule has 0 radical (unpaired) electrons. The van der Waals surface area contributed by atoms with Crippen molar-refractivity contribution in [1.29, 1.82) is 0 Å². The third kappa shape index (κ3) is 7.92. The van der Waals surface area contributed by atoms with Gasteiger partial charge in [0.2, 0.25) is 17.8 Å². The number of benzene rings is 2. The van der Waals surface area contributed by atoms with Gasteiger partial charge in [-0.3, -0.25) is 43.6 Å². The van der Waals surface area contributed by atoms with Crippen molar-refractivity contribution in [3.63, 3.8) is 0 Å². The van der Waals surface area contributed by atoms with E-state index in [4.69, 9.17) is 26.1 Å². The number of imide groups is 2. The van der Waals surface area contributed by atoms with Crippen LogP contribution in [0.2, 0.25) is 5.02 Å². The van der Waals surface area contributed by atoms with Crippen molar-refractivity contribution in [2.45, 2.75) is 57.2 Å². The maximum absolute atomic E-state index is 13.6. The van der Waals surface area contributed by atoms with Crippen LogP contribution in [0.25, 0.3) is 10.9 Å². The van der Waals surface area contributed by atoms with Gasteiger partial charge in [0.25, 0.3) is 23.3 Å². The van der Waals surface area contributed by atoms with Crippen molar-refractivity contribution < 1.29 is 33.4 Å². The van der Waals surface area contributed by atoms with E-state index in [9.17, 15) is 28.8 Å². The quantitative estimate of drug-likeness (QED) is 0.160. The van der Waals surface area contributed by atoms with Crippen molar-refractivity contribution in [2.24, 2.45) is 5.92 Å². The Morgan fingerprint density at radius 1 is 0.984 bits per heavy atom. The summed E-state index contributed by atoms with van der Waals surface area (Å²) in [5.41, 5.74) is 2.09. The minimum Gasteiger partial charge on any atom is -0.489 e. The number of piperidine rings is 3. The van der Waals surface area contributed by atoms with Gasteiger partial charge in [-0.15, -0.1) is 0 Å². The Kier molecular flexibility index (Phi) is 11.0. The number of likely N-dealkylation sites (N-methyl/N-ethyl adjacent to an activating group) is 1. The third-order valence-corrected chi connectivity index (χ3v) is 12.4. The van der Waals surface area contributed by atoms with Gasteiger partial charge in [0, 0.05) is 75.1 Å². The van der Waals surface area contributed by atoms with E-state index in [-0.39, 0.29) is 53.8 Å². The lowest BCUT2D eigenvalue weighted by Crippen LogP contribution is -2.54. The molecule has 0 aliphatic carbocycles. The molecule has 0 spiro atoms. The highest BCUT2D eigenvalue weighted by Gasteiger charge is 2.46. The maximum atomic E-state index is 13.6. The summed E-state index contributed by atoms with van der Waals surface area (Å²) in [7, 11) is 1.50. The fourth-order valence-corrected chi connectivity index (χ4v) is 9.10. The lowest BCUT2D eigenvalue weighted by Gasteiger charge is -2.38. The molecular formula is C42H45ClN10O8. The summed E-state index contributed by atoms with van der Waals surface area (Å²) >= 11 is 6.61. The molecule has 1 atom stereocenters. The Morgan fingerprint density at radius 3 is 2.56 bits per heavy atom. The highest BCUT2D eigenvalue weighted by molar-refractivity contribution is 6.33. The molecule has 9 rings (SSSR count). The number of ether oxygens (including phenoxy) is 2. The molecule has 1 unspecified atom stereocenters. The minimum atomic E-state index is -1.00. The van der Waals surface area contributed by atoms with Crippen LogP contribution in [-0.2, 0) is 20.9 Å². The number of likely N-dealkylation sites (tertiary alicyclic amines) is 1. The second-order valence-corrected chi connectivity index (χ2v) is 16.4. The number of amides is 5. The Bertz CT molecular complexity index is 2520. The van der Waals surface area contributed by atoms with Crippen LogP contribution in [-0.4, -0.2) is 119 Å². The molecule has 5 aliphatic rings. The van der Waals surface area contributed by atoms with Gasteiger partial charge in [0.15, 0.2) is 18.2 Å². The Hall–Kier alpha value is -6.27. The van der Waals surface area contributed by atoms with Gasteiger partial charge in [0.05, 0.1) is 29.4 Å². The fraction of sp³-hybridized carbons (Fsp3) is 0.429. The van der Waals surface area contributed by atoms with E-state index in [1.54, 1.807) is 41.1 Å². The number of fused-ring (bicyclic) bond motifs is 1. The maximum Gasteiger partial charge on any atom is 0.293 e. The smallest absolute Gasteiger partial charge is 0.293 e. The van der Waals surface area contributed by atoms with Crippen LogP contribution in [0.5, 0.6) is 11.5 Å². The van der Waals surface area contributed by atoms with Crippen molar-refractivity contribution in [2.75, 3.05) is 68.5 Å². The van der Waals surface area contributed by atoms with E-state index in [2.05, 4.69) is 36.1 Å². The zero-order chi connectivity index (χ0) is 42.4. The number of nitrogens with zero attached hydrogens (tertiary/aromatic N) is 6. The molecule has 0 saturated carbocycles. The van der Waals surface area contributed by atoms with Gasteiger partial charge in [-0.05, 0) is 62.3 Å². The number of pyridine rings is 1. The van der Waals surface area contributed by atoms with E-state index < -0.39 is 29.7 Å². The fourth-order valence-electron chi connectivity index (χ4n) is 8.96. The second-order valence-electron chi connectivity index (χ2n) is 16.0. The van der Waals surface area contributed by atoms with E-state index in [1.807, 2.05) is 6.07 Å². The minimum absolute atomic E-state index is 0.0698. The molecule has 318 valence electrons. The summed E-state index contributed by atoms with van der Waals surface area (Å²) in [6, 6.07) is 9.54. The van der Waals surface area contributed by atoms with Crippen molar-refractivity contribution >= 4 is 75.2 Å². The SMILES string of the molecule is CNC(=O)COc1cc2cc(Nc3nc(N4CCC(CN5CCC(Nc6cccc7c6C(=O)N(C6CCC(=O)NC6=O)C7=O)CC5)CC4)ncc3Cl)cc3c2n(c1=O)CCO3. The molecule has 2 aromatic carbocycles. The van der Waals surface area contributed by atoms with Gasteiger partial charge in [-0.2, -0.15) is 4.98 Å². The summed E-state index contributed by atoms with van der Waals surface area (Å²) in [6.45, 7) is 4.70. The molecule has 2 aromatic heterocycles. The van der Waals surface area contributed by atoms with Crippen LogP contribution >= 0.6 is 11.6 Å². The molecule has 3 fully saturated rings. The van der Waals surface area contributed by atoms with Gasteiger partial charge in [-0.25, -0.2) is 4.98 Å². The first-order valence-corrected chi connectivity index (χ1v) is 21.0. The van der Waals surface area contributed by atoms with E-state index in [0.29, 0.717) is 63.9 Å². The molecule has 7 heterocycles. The van der Waals surface area contributed by atoms with Gasteiger partial charge in [-0.1, -0.05) is 17.7 Å². The molecule has 19 heteroatoms. The average molecular weight is 853 g/mol. The van der Waals surface area contributed by atoms with Crippen molar-refractivity contribution in [1.82, 2.24) is 35.0 Å². The first-order chi connectivity index (χ1) is 29.5. The van der Waals surface area contributed by atoms with Gasteiger partial charge < -0.3 is 35.2 Å². The monoisotopic (exact) mass is 852 g/mol. The number of rotatable bonds is 11. The molecule has 5 amide bonds. The largest absolute Gasteiger partial charge is 0.489 e.